The van der Waals surface area contributed by atoms with E-state index in [1.165, 1.54) is 0 Å². The van der Waals surface area contributed by atoms with Gasteiger partial charge in [-0.3, -0.25) is 0 Å². The minimum Gasteiger partial charge on any atom is -0.492 e. The molecule has 2 aromatic rings. The van der Waals surface area contributed by atoms with E-state index >= 15 is 0 Å². The van der Waals surface area contributed by atoms with Gasteiger partial charge in [0, 0.05) is 0 Å². The van der Waals surface area contributed by atoms with E-state index < -0.39 is 0 Å². The fourth-order valence-electron chi connectivity index (χ4n) is 1.70. The van der Waals surface area contributed by atoms with Gasteiger partial charge in [-0.15, -0.1) is 0 Å². The molecule has 3 nitrogen and oxygen atoms in total. The van der Waals surface area contributed by atoms with Crippen molar-refractivity contribution in [1.82, 2.24) is 0 Å². The SMILES string of the molecule is CCCOc1ccc(C(N)c2ccc(Br)o2)cc1Br. The van der Waals surface area contributed by atoms with Gasteiger partial charge in [-0.1, -0.05) is 13.0 Å². The van der Waals surface area contributed by atoms with Crippen LogP contribution in [0.1, 0.15) is 30.7 Å². The first-order valence-corrected chi connectivity index (χ1v) is 7.63. The van der Waals surface area contributed by atoms with Crippen molar-refractivity contribution < 1.29 is 9.15 Å². The molecule has 1 atom stereocenters. The molecule has 0 aliphatic heterocycles. The Morgan fingerprint density at radius 2 is 2.05 bits per heavy atom. The third-order valence-corrected chi connectivity index (χ3v) is 3.72. The number of ether oxygens (including phenoxy) is 1. The summed E-state index contributed by atoms with van der Waals surface area (Å²) in [5.41, 5.74) is 7.14. The zero-order valence-corrected chi connectivity index (χ0v) is 13.7. The lowest BCUT2D eigenvalue weighted by atomic mass is 10.1. The molecule has 2 rings (SSSR count). The first-order chi connectivity index (χ1) is 9.11. The highest BCUT2D eigenvalue weighted by atomic mass is 79.9. The van der Waals surface area contributed by atoms with Crippen molar-refractivity contribution in [1.29, 1.82) is 0 Å². The van der Waals surface area contributed by atoms with Crippen LogP contribution in [-0.4, -0.2) is 6.61 Å². The van der Waals surface area contributed by atoms with Crippen molar-refractivity contribution >= 4 is 31.9 Å². The Kier molecular flexibility index (Phi) is 5.07. The molecule has 1 unspecified atom stereocenters. The predicted molar refractivity (Wildman–Crippen MR) is 82.4 cm³/mol. The standard InChI is InChI=1S/C14H15Br2NO2/c1-2-7-18-11-4-3-9(8-10(11)15)14(17)12-5-6-13(16)19-12/h3-6,8,14H,2,7,17H2,1H3. The summed E-state index contributed by atoms with van der Waals surface area (Å²) < 4.78 is 12.7. The van der Waals surface area contributed by atoms with Crippen molar-refractivity contribution in [2.24, 2.45) is 5.73 Å². The van der Waals surface area contributed by atoms with Gasteiger partial charge in [-0.05, 0) is 68.1 Å². The molecule has 5 heteroatoms. The Labute approximate surface area is 129 Å². The number of hydrogen-bond acceptors (Lipinski definition) is 3. The first kappa shape index (κ1) is 14.6. The molecule has 1 aromatic heterocycles. The third-order valence-electron chi connectivity index (χ3n) is 2.68. The van der Waals surface area contributed by atoms with Gasteiger partial charge in [0.05, 0.1) is 17.1 Å². The summed E-state index contributed by atoms with van der Waals surface area (Å²) >= 11 is 6.78. The van der Waals surface area contributed by atoms with Crippen LogP contribution < -0.4 is 10.5 Å². The van der Waals surface area contributed by atoms with Crippen LogP contribution in [0.2, 0.25) is 0 Å². The summed E-state index contributed by atoms with van der Waals surface area (Å²) in [6, 6.07) is 9.26. The highest BCUT2D eigenvalue weighted by Gasteiger charge is 2.14. The number of benzene rings is 1. The van der Waals surface area contributed by atoms with Crippen LogP contribution in [0, 0.1) is 0 Å². The fraction of sp³-hybridized carbons (Fsp3) is 0.286. The largest absolute Gasteiger partial charge is 0.492 e. The smallest absolute Gasteiger partial charge is 0.169 e. The number of hydrogen-bond donors (Lipinski definition) is 1. The molecule has 0 bridgehead atoms. The van der Waals surface area contributed by atoms with E-state index in [9.17, 15) is 0 Å². The Morgan fingerprint density at radius 3 is 2.63 bits per heavy atom. The average Bonchev–Trinajstić information content (AvgIpc) is 2.83. The summed E-state index contributed by atoms with van der Waals surface area (Å²) in [5, 5.41) is 0. The molecular formula is C14H15Br2NO2. The van der Waals surface area contributed by atoms with Gasteiger partial charge in [0.15, 0.2) is 4.67 Å². The molecule has 1 heterocycles. The van der Waals surface area contributed by atoms with Gasteiger partial charge in [-0.25, -0.2) is 0 Å². The van der Waals surface area contributed by atoms with Crippen LogP contribution in [0.25, 0.3) is 0 Å². The number of halogens is 2. The average molecular weight is 389 g/mol. The molecule has 19 heavy (non-hydrogen) atoms. The molecule has 0 radical (unpaired) electrons. The van der Waals surface area contributed by atoms with E-state index in [2.05, 4.69) is 38.8 Å². The van der Waals surface area contributed by atoms with Crippen LogP contribution in [0.3, 0.4) is 0 Å². The fourth-order valence-corrected chi connectivity index (χ4v) is 2.53. The van der Waals surface area contributed by atoms with Gasteiger partial charge in [0.1, 0.15) is 11.5 Å². The number of nitrogens with two attached hydrogens (primary N) is 1. The molecule has 0 aliphatic rings. The van der Waals surface area contributed by atoms with E-state index in [0.717, 1.165) is 28.0 Å². The number of rotatable bonds is 5. The highest BCUT2D eigenvalue weighted by Crippen LogP contribution is 2.31. The van der Waals surface area contributed by atoms with Crippen LogP contribution in [0.5, 0.6) is 5.75 Å². The second kappa shape index (κ2) is 6.59. The van der Waals surface area contributed by atoms with Crippen molar-refractivity contribution in [2.45, 2.75) is 19.4 Å². The summed E-state index contributed by atoms with van der Waals surface area (Å²) in [6.45, 7) is 2.78. The maximum Gasteiger partial charge on any atom is 0.169 e. The molecule has 0 saturated carbocycles. The molecule has 102 valence electrons. The predicted octanol–water partition coefficient (Wildman–Crippen LogP) is 4.64. The van der Waals surface area contributed by atoms with Crippen LogP contribution in [-0.2, 0) is 0 Å². The second-order valence-electron chi connectivity index (χ2n) is 4.16. The second-order valence-corrected chi connectivity index (χ2v) is 5.79. The summed E-state index contributed by atoms with van der Waals surface area (Å²) in [5.74, 6) is 1.56. The Balaban J connectivity index is 2.19. The minimum atomic E-state index is -0.289. The van der Waals surface area contributed by atoms with Crippen molar-refractivity contribution in [3.8, 4) is 5.75 Å². The topological polar surface area (TPSA) is 48.4 Å². The zero-order valence-electron chi connectivity index (χ0n) is 10.5. The Morgan fingerprint density at radius 1 is 1.26 bits per heavy atom. The monoisotopic (exact) mass is 387 g/mol. The maximum atomic E-state index is 6.17. The van der Waals surface area contributed by atoms with E-state index in [0.29, 0.717) is 11.3 Å². The van der Waals surface area contributed by atoms with Crippen molar-refractivity contribution in [3.05, 3.63) is 50.8 Å². The van der Waals surface area contributed by atoms with Gasteiger partial charge >= 0.3 is 0 Å². The van der Waals surface area contributed by atoms with Gasteiger partial charge in [0.2, 0.25) is 0 Å². The van der Waals surface area contributed by atoms with Gasteiger partial charge in [-0.2, -0.15) is 0 Å². The maximum absolute atomic E-state index is 6.17. The van der Waals surface area contributed by atoms with Crippen LogP contribution in [0.4, 0.5) is 0 Å². The summed E-state index contributed by atoms with van der Waals surface area (Å²) in [7, 11) is 0. The van der Waals surface area contributed by atoms with Crippen LogP contribution in [0.15, 0.2) is 43.9 Å². The molecule has 0 saturated heterocycles. The quantitative estimate of drug-likeness (QED) is 0.811. The molecule has 0 fully saturated rings. The molecule has 0 amide bonds. The third kappa shape index (κ3) is 3.61. The van der Waals surface area contributed by atoms with E-state index in [-0.39, 0.29) is 6.04 Å². The lowest BCUT2D eigenvalue weighted by molar-refractivity contribution is 0.315. The Hall–Kier alpha value is -0.780. The molecule has 2 N–H and O–H groups in total. The van der Waals surface area contributed by atoms with Crippen molar-refractivity contribution in [2.75, 3.05) is 6.61 Å². The molecule has 1 aromatic carbocycles. The Bertz CT molecular complexity index is 554. The van der Waals surface area contributed by atoms with Crippen LogP contribution >= 0.6 is 31.9 Å². The van der Waals surface area contributed by atoms with E-state index in [4.69, 9.17) is 14.9 Å². The molecule has 0 aliphatic carbocycles. The lowest BCUT2D eigenvalue weighted by Gasteiger charge is -2.12. The van der Waals surface area contributed by atoms with Crippen molar-refractivity contribution in [3.63, 3.8) is 0 Å². The van der Waals surface area contributed by atoms with E-state index in [1.807, 2.05) is 30.3 Å². The van der Waals surface area contributed by atoms with E-state index in [1.54, 1.807) is 0 Å². The first-order valence-electron chi connectivity index (χ1n) is 6.05. The lowest BCUT2D eigenvalue weighted by Crippen LogP contribution is -2.11. The van der Waals surface area contributed by atoms with Gasteiger partial charge in [0.25, 0.3) is 0 Å². The summed E-state index contributed by atoms with van der Waals surface area (Å²) in [4.78, 5) is 0. The zero-order chi connectivity index (χ0) is 13.8. The highest BCUT2D eigenvalue weighted by molar-refractivity contribution is 9.10. The summed E-state index contributed by atoms with van der Waals surface area (Å²) in [6.07, 6.45) is 0.980. The minimum absolute atomic E-state index is 0.289. The number of furan rings is 1. The van der Waals surface area contributed by atoms with Gasteiger partial charge < -0.3 is 14.9 Å². The molecular weight excluding hydrogens is 374 g/mol. The molecule has 0 spiro atoms. The normalized spacial score (nSPS) is 12.4.